The topological polar surface area (TPSA) is 63.4 Å². The lowest BCUT2D eigenvalue weighted by molar-refractivity contribution is -0.123. The van der Waals surface area contributed by atoms with Crippen LogP contribution in [0.15, 0.2) is 117 Å². The molecule has 0 saturated heterocycles. The average Bonchev–Trinajstić information content (AvgIpc) is 3.00. The highest BCUT2D eigenvalue weighted by Gasteiger charge is 2.27. The zero-order valence-electron chi connectivity index (χ0n) is 39.6. The Morgan fingerprint density at radius 2 is 1.13 bits per heavy atom. The molecule has 2 N–H and O–H groups in total. The summed E-state index contributed by atoms with van der Waals surface area (Å²) < 4.78 is 79.9. The van der Waals surface area contributed by atoms with Gasteiger partial charge in [0.05, 0.1) is 0 Å². The first-order chi connectivity index (χ1) is 25.2. The maximum absolute atomic E-state index is 11.7. The predicted octanol–water partition coefficient (Wildman–Crippen LogP) is 10.6. The second kappa shape index (κ2) is 19.1. The van der Waals surface area contributed by atoms with Crippen molar-refractivity contribution in [3.8, 4) is 0 Å². The first kappa shape index (κ1) is 26.4. The fraction of sp³-hybridized carbons (Fsp3) is 0.476. The molecule has 0 spiro atoms. The van der Waals surface area contributed by atoms with Crippen LogP contribution in [-0.2, 0) is 9.59 Å². The van der Waals surface area contributed by atoms with Crippen molar-refractivity contribution >= 4 is 11.8 Å². The highest BCUT2D eigenvalue weighted by Crippen LogP contribution is 2.41. The van der Waals surface area contributed by atoms with Crippen LogP contribution in [0.5, 0.6) is 0 Å². The van der Waals surface area contributed by atoms with Crippen LogP contribution < -0.4 is 5.73 Å². The summed E-state index contributed by atoms with van der Waals surface area (Å²) in [7, 11) is 3.39. The van der Waals surface area contributed by atoms with Crippen LogP contribution in [0.1, 0.15) is 121 Å². The van der Waals surface area contributed by atoms with Crippen molar-refractivity contribution in [2.45, 2.75) is 108 Å². The molecule has 0 aromatic heterocycles. The second-order valence-electron chi connectivity index (χ2n) is 13.3. The second-order valence-corrected chi connectivity index (χ2v) is 13.3. The number of hydrogen-bond donors (Lipinski definition) is 1. The SMILES string of the molecule is [2H]C([2H])([2H])C1=C(C=CC(C)=CC=CC(C)=CC(=O)N(C)C)C(C)(C)CCC1([2H])[2H].[2H]C([2H])([2H])C1=C(C=CC(C)=CC=CC(C)=CC(N)=O)C(C)(C)CCC1([2H])[2H]. The minimum atomic E-state index is -2.48. The molecule has 46 heavy (non-hydrogen) atoms. The van der Waals surface area contributed by atoms with Gasteiger partial charge in [-0.1, -0.05) is 111 Å². The average molecular weight is 637 g/mol. The summed E-state index contributed by atoms with van der Waals surface area (Å²) in [6, 6.07) is 0. The minimum absolute atomic E-state index is 0.0781. The summed E-state index contributed by atoms with van der Waals surface area (Å²) in [5, 5.41) is 0. The number of likely N-dealkylation sites (N-methyl/N-ethyl adjacent to an activating group) is 1. The van der Waals surface area contributed by atoms with Crippen molar-refractivity contribution < 1.29 is 23.3 Å². The van der Waals surface area contributed by atoms with E-state index in [9.17, 15) is 9.59 Å². The maximum Gasteiger partial charge on any atom is 0.246 e. The van der Waals surface area contributed by atoms with Gasteiger partial charge in [-0.2, -0.15) is 0 Å². The summed E-state index contributed by atoms with van der Waals surface area (Å²) in [5.41, 5.74) is 8.51. The Morgan fingerprint density at radius 1 is 0.717 bits per heavy atom. The molecule has 2 aliphatic rings. The number of hydrogen-bond acceptors (Lipinski definition) is 2. The Hall–Kier alpha value is -3.66. The van der Waals surface area contributed by atoms with E-state index in [1.54, 1.807) is 57.5 Å². The molecule has 2 amide bonds. The van der Waals surface area contributed by atoms with Gasteiger partial charge in [0.25, 0.3) is 0 Å². The van der Waals surface area contributed by atoms with E-state index in [1.807, 2.05) is 78.8 Å². The van der Waals surface area contributed by atoms with E-state index in [0.717, 1.165) is 22.3 Å². The molecule has 0 unspecified atom stereocenters. The lowest BCUT2D eigenvalue weighted by Gasteiger charge is -2.33. The van der Waals surface area contributed by atoms with Crippen molar-refractivity contribution in [2.75, 3.05) is 14.1 Å². The molecule has 0 atom stereocenters. The third-order valence-electron chi connectivity index (χ3n) is 7.72. The fourth-order valence-electron chi connectivity index (χ4n) is 4.64. The Bertz CT molecular complexity index is 1770. The van der Waals surface area contributed by atoms with Crippen molar-refractivity contribution in [3.63, 3.8) is 0 Å². The maximum atomic E-state index is 11.7. The molecule has 2 aliphatic carbocycles. The summed E-state index contributed by atoms with van der Waals surface area (Å²) in [6.45, 7) is 10.2. The normalized spacial score (nSPS) is 25.8. The van der Waals surface area contributed by atoms with Crippen LogP contribution in [0.3, 0.4) is 0 Å². The molecule has 0 bridgehead atoms. The van der Waals surface area contributed by atoms with Crippen LogP contribution in [0.4, 0.5) is 0 Å². The van der Waals surface area contributed by atoms with Gasteiger partial charge in [-0.05, 0) is 113 Å². The van der Waals surface area contributed by atoms with Crippen LogP contribution in [0.25, 0.3) is 0 Å². The third-order valence-corrected chi connectivity index (χ3v) is 7.72. The van der Waals surface area contributed by atoms with Gasteiger partial charge in [-0.15, -0.1) is 0 Å². The van der Waals surface area contributed by atoms with Crippen LogP contribution in [0.2, 0.25) is 0 Å². The molecule has 2 rings (SSSR count). The van der Waals surface area contributed by atoms with Crippen molar-refractivity contribution in [3.05, 3.63) is 117 Å². The smallest absolute Gasteiger partial charge is 0.246 e. The first-order valence-electron chi connectivity index (χ1n) is 20.7. The van der Waals surface area contributed by atoms with E-state index < -0.39 is 43.2 Å². The molecule has 4 nitrogen and oxygen atoms in total. The van der Waals surface area contributed by atoms with E-state index in [0.29, 0.717) is 24.0 Å². The molecule has 4 heteroatoms. The number of amides is 2. The predicted molar refractivity (Wildman–Crippen MR) is 200 cm³/mol. The van der Waals surface area contributed by atoms with Gasteiger partial charge in [0.2, 0.25) is 11.8 Å². The molecule has 252 valence electrons. The van der Waals surface area contributed by atoms with Crippen LogP contribution in [0, 0.1) is 10.8 Å². The Balaban J connectivity index is 0.000000561. The summed E-state index contributed by atoms with van der Waals surface area (Å²) in [5.74, 6) is -0.582. The number of rotatable bonds is 10. The van der Waals surface area contributed by atoms with Gasteiger partial charge in [0.15, 0.2) is 0 Å². The molecular weight excluding hydrogens is 564 g/mol. The largest absolute Gasteiger partial charge is 0.366 e. The van der Waals surface area contributed by atoms with Gasteiger partial charge in [0.1, 0.15) is 0 Å². The van der Waals surface area contributed by atoms with Crippen LogP contribution >= 0.6 is 0 Å². The van der Waals surface area contributed by atoms with E-state index in [4.69, 9.17) is 19.4 Å². The molecular formula is C42H62N2O2. The fourth-order valence-corrected chi connectivity index (χ4v) is 4.64. The Kier molecular flexibility index (Phi) is 11.0. The summed E-state index contributed by atoms with van der Waals surface area (Å²) >= 11 is 0. The molecule has 0 saturated carbocycles. The number of carbonyl (C=O) groups is 2. The highest BCUT2D eigenvalue weighted by atomic mass is 16.2. The minimum Gasteiger partial charge on any atom is -0.366 e. The number of nitrogens with two attached hydrogens (primary N) is 1. The van der Waals surface area contributed by atoms with Gasteiger partial charge in [0, 0.05) is 40.0 Å². The molecule has 0 aromatic carbocycles. The third kappa shape index (κ3) is 15.1. The number of primary amides is 1. The zero-order valence-corrected chi connectivity index (χ0v) is 29.6. The summed E-state index contributed by atoms with van der Waals surface area (Å²) in [6.07, 6.45) is 18.8. The van der Waals surface area contributed by atoms with E-state index in [1.165, 1.54) is 11.0 Å². The number of allylic oxidation sites excluding steroid dienone is 18. The van der Waals surface area contributed by atoms with E-state index in [2.05, 4.69) is 0 Å². The van der Waals surface area contributed by atoms with Crippen molar-refractivity contribution in [1.29, 1.82) is 0 Å². The molecule has 0 radical (unpaired) electrons. The monoisotopic (exact) mass is 637 g/mol. The first-order valence-corrected chi connectivity index (χ1v) is 15.7. The zero-order chi connectivity index (χ0) is 43.7. The highest BCUT2D eigenvalue weighted by molar-refractivity contribution is 5.88. The van der Waals surface area contributed by atoms with Crippen LogP contribution in [-0.4, -0.2) is 30.8 Å². The molecule has 0 aromatic rings. The molecule has 0 aliphatic heterocycles. The lowest BCUT2D eigenvalue weighted by atomic mass is 9.72. The lowest BCUT2D eigenvalue weighted by Crippen LogP contribution is -2.19. The van der Waals surface area contributed by atoms with E-state index in [-0.39, 0.29) is 29.9 Å². The van der Waals surface area contributed by atoms with Gasteiger partial charge in [-0.3, -0.25) is 9.59 Å². The van der Waals surface area contributed by atoms with Crippen molar-refractivity contribution in [1.82, 2.24) is 4.90 Å². The molecule has 0 fully saturated rings. The number of nitrogens with zero attached hydrogens (tertiary/aromatic N) is 1. The molecule has 0 heterocycles. The van der Waals surface area contributed by atoms with Crippen molar-refractivity contribution in [2.24, 2.45) is 16.6 Å². The Morgan fingerprint density at radius 3 is 1.50 bits per heavy atom. The van der Waals surface area contributed by atoms with Gasteiger partial charge < -0.3 is 10.6 Å². The Labute approximate surface area is 295 Å². The number of carbonyl (C=O) groups excluding carboxylic acids is 2. The standard InChI is InChI=1S/C22H33NO.C20H29NO/c1-17(10-8-11-18(2)16-21(24)23(6)7)13-14-20-19(3)12-9-15-22(20,4)5;1-15(8-6-9-16(2)14-19(21)22)11-12-18-17(3)10-7-13-20(18,4)5/h8,10-11,13-14,16H,9,12,15H2,1-7H3;6,8-9,11-12,14H,7,10,13H2,1-5H3,(H2,21,22)/i3D3,12D2;3D3,10D2. The summed E-state index contributed by atoms with van der Waals surface area (Å²) in [4.78, 5) is 24.0. The quantitative estimate of drug-likeness (QED) is 0.192. The van der Waals surface area contributed by atoms with Gasteiger partial charge in [-0.25, -0.2) is 0 Å². The van der Waals surface area contributed by atoms with Gasteiger partial charge >= 0.3 is 0 Å². The van der Waals surface area contributed by atoms with E-state index >= 15 is 0 Å².